The molecule has 25 heavy (non-hydrogen) atoms. The molecular formula is C18H19NO3S3. The van der Waals surface area contributed by atoms with Crippen molar-refractivity contribution >= 4 is 32.8 Å². The van der Waals surface area contributed by atoms with Crippen LogP contribution in [0.2, 0.25) is 0 Å². The molecular weight excluding hydrogens is 374 g/mol. The first-order valence-corrected chi connectivity index (χ1v) is 11.2. The van der Waals surface area contributed by atoms with E-state index < -0.39 is 10.1 Å². The van der Waals surface area contributed by atoms with Gasteiger partial charge in [0.15, 0.2) is 0 Å². The lowest BCUT2D eigenvalue weighted by atomic mass is 10.3. The van der Waals surface area contributed by atoms with Crippen LogP contribution < -0.4 is 4.18 Å². The number of rotatable bonds is 9. The smallest absolute Gasteiger partial charge is 0.310 e. The lowest BCUT2D eigenvalue weighted by Gasteiger charge is -2.21. The zero-order valence-electron chi connectivity index (χ0n) is 13.6. The Bertz CT molecular complexity index is 808. The normalized spacial score (nSPS) is 11.7. The summed E-state index contributed by atoms with van der Waals surface area (Å²) in [6, 6.07) is 16.8. The van der Waals surface area contributed by atoms with Crippen LogP contribution in [0.15, 0.2) is 65.4 Å². The molecule has 1 aromatic carbocycles. The summed E-state index contributed by atoms with van der Waals surface area (Å²) in [4.78, 5) is 4.58. The Balaban J connectivity index is 1.62. The van der Waals surface area contributed by atoms with Crippen LogP contribution in [-0.2, 0) is 23.2 Å². The van der Waals surface area contributed by atoms with Crippen LogP contribution in [0.1, 0.15) is 9.75 Å². The van der Waals surface area contributed by atoms with Crippen molar-refractivity contribution in [3.05, 3.63) is 75.1 Å². The van der Waals surface area contributed by atoms with Gasteiger partial charge in [-0.1, -0.05) is 30.3 Å². The fourth-order valence-corrected chi connectivity index (χ4v) is 4.83. The Hall–Kier alpha value is -1.67. The number of hydrogen-bond acceptors (Lipinski definition) is 6. The fourth-order valence-electron chi connectivity index (χ4n) is 2.37. The lowest BCUT2D eigenvalue weighted by molar-refractivity contribution is 0.275. The SMILES string of the molecule is O=S(=O)(CCN(Cc1cccs1)Cc1cccs1)Oc1ccccc1. The summed E-state index contributed by atoms with van der Waals surface area (Å²) in [7, 11) is -3.62. The van der Waals surface area contributed by atoms with Crippen LogP contribution in [0.5, 0.6) is 5.75 Å². The van der Waals surface area contributed by atoms with Gasteiger partial charge >= 0.3 is 10.1 Å². The molecule has 0 aliphatic carbocycles. The van der Waals surface area contributed by atoms with Gasteiger partial charge in [0.1, 0.15) is 5.75 Å². The molecule has 7 heteroatoms. The van der Waals surface area contributed by atoms with Crippen molar-refractivity contribution in [2.75, 3.05) is 12.3 Å². The van der Waals surface area contributed by atoms with Crippen molar-refractivity contribution in [2.24, 2.45) is 0 Å². The maximum Gasteiger partial charge on any atom is 0.310 e. The number of nitrogens with zero attached hydrogens (tertiary/aromatic N) is 1. The average molecular weight is 394 g/mol. The largest absolute Gasteiger partial charge is 0.382 e. The van der Waals surface area contributed by atoms with Crippen molar-refractivity contribution in [1.82, 2.24) is 4.90 Å². The van der Waals surface area contributed by atoms with Gasteiger partial charge in [-0.2, -0.15) is 8.42 Å². The summed E-state index contributed by atoms with van der Waals surface area (Å²) >= 11 is 3.36. The topological polar surface area (TPSA) is 46.6 Å². The molecule has 0 aliphatic rings. The molecule has 0 saturated heterocycles. The number of benzene rings is 1. The van der Waals surface area contributed by atoms with Crippen molar-refractivity contribution in [1.29, 1.82) is 0 Å². The zero-order chi connectivity index (χ0) is 17.5. The van der Waals surface area contributed by atoms with Crippen molar-refractivity contribution in [3.63, 3.8) is 0 Å². The zero-order valence-corrected chi connectivity index (χ0v) is 16.0. The second kappa shape index (κ2) is 8.62. The van der Waals surface area contributed by atoms with Crippen LogP contribution in [0, 0.1) is 0 Å². The van der Waals surface area contributed by atoms with Crippen LogP contribution in [0.25, 0.3) is 0 Å². The van der Waals surface area contributed by atoms with Crippen molar-refractivity contribution in [2.45, 2.75) is 13.1 Å². The summed E-state index contributed by atoms with van der Waals surface area (Å²) in [6.07, 6.45) is 0. The van der Waals surface area contributed by atoms with E-state index in [0.717, 1.165) is 13.1 Å². The van der Waals surface area contributed by atoms with Gasteiger partial charge < -0.3 is 4.18 Å². The molecule has 0 atom stereocenters. The molecule has 0 amide bonds. The van der Waals surface area contributed by atoms with Gasteiger partial charge in [-0.05, 0) is 35.0 Å². The minimum atomic E-state index is -3.62. The van der Waals surface area contributed by atoms with Gasteiger partial charge in [-0.3, -0.25) is 4.90 Å². The summed E-state index contributed by atoms with van der Waals surface area (Å²) in [5.41, 5.74) is 0. The Morgan fingerprint density at radius 3 is 1.96 bits per heavy atom. The molecule has 0 fully saturated rings. The Morgan fingerprint density at radius 1 is 0.840 bits per heavy atom. The summed E-state index contributed by atoms with van der Waals surface area (Å²) in [5, 5.41) is 4.07. The predicted octanol–water partition coefficient (Wildman–Crippen LogP) is 4.22. The van der Waals surface area contributed by atoms with Gasteiger partial charge in [0.25, 0.3) is 0 Å². The number of para-hydroxylation sites is 1. The number of thiophene rings is 2. The molecule has 0 saturated carbocycles. The van der Waals surface area contributed by atoms with E-state index in [1.807, 2.05) is 29.0 Å². The lowest BCUT2D eigenvalue weighted by Crippen LogP contribution is -2.29. The van der Waals surface area contributed by atoms with Gasteiger partial charge in [-0.25, -0.2) is 0 Å². The molecule has 0 unspecified atom stereocenters. The highest BCUT2D eigenvalue weighted by molar-refractivity contribution is 7.87. The van der Waals surface area contributed by atoms with Crippen molar-refractivity contribution in [3.8, 4) is 5.75 Å². The van der Waals surface area contributed by atoms with Crippen LogP contribution in [0.4, 0.5) is 0 Å². The standard InChI is InChI=1S/C18H19NO3S3/c20-25(21,22-16-6-2-1-3-7-16)13-10-19(14-17-8-4-11-23-17)15-18-9-5-12-24-18/h1-9,11-12H,10,13-15H2. The minimum Gasteiger partial charge on any atom is -0.382 e. The second-order valence-corrected chi connectivity index (χ2v) is 9.28. The Kier molecular flexibility index (Phi) is 6.25. The van der Waals surface area contributed by atoms with Crippen LogP contribution in [0.3, 0.4) is 0 Å². The van der Waals surface area contributed by atoms with E-state index in [4.69, 9.17) is 4.18 Å². The minimum absolute atomic E-state index is 0.0430. The average Bonchev–Trinajstić information content (AvgIpc) is 3.27. The molecule has 0 bridgehead atoms. The summed E-state index contributed by atoms with van der Waals surface area (Å²) < 4.78 is 29.7. The Morgan fingerprint density at radius 2 is 1.44 bits per heavy atom. The van der Waals surface area contributed by atoms with E-state index in [0.29, 0.717) is 12.3 Å². The third-order valence-corrected chi connectivity index (χ3v) is 6.39. The summed E-state index contributed by atoms with van der Waals surface area (Å²) in [5.74, 6) is 0.309. The second-order valence-electron chi connectivity index (χ2n) is 5.53. The molecule has 0 aliphatic heterocycles. The molecule has 4 nitrogen and oxygen atoms in total. The maximum atomic E-state index is 12.3. The molecule has 3 aromatic rings. The highest BCUT2D eigenvalue weighted by Gasteiger charge is 2.17. The van der Waals surface area contributed by atoms with E-state index in [2.05, 4.69) is 17.0 Å². The summed E-state index contributed by atoms with van der Waals surface area (Å²) in [6.45, 7) is 1.89. The van der Waals surface area contributed by atoms with Gasteiger partial charge in [-0.15, -0.1) is 22.7 Å². The Labute approximate surface area is 156 Å². The molecule has 0 spiro atoms. The highest BCUT2D eigenvalue weighted by atomic mass is 32.2. The van der Waals surface area contributed by atoms with Gasteiger partial charge in [0.05, 0.1) is 5.75 Å². The first-order chi connectivity index (χ1) is 12.1. The molecule has 0 radical (unpaired) electrons. The van der Waals surface area contributed by atoms with Crippen LogP contribution in [-0.4, -0.2) is 25.6 Å². The van der Waals surface area contributed by atoms with E-state index in [1.165, 1.54) is 9.75 Å². The molecule has 0 N–H and O–H groups in total. The van der Waals surface area contributed by atoms with Crippen LogP contribution >= 0.6 is 22.7 Å². The fraction of sp³-hybridized carbons (Fsp3) is 0.222. The monoisotopic (exact) mass is 393 g/mol. The number of hydrogen-bond donors (Lipinski definition) is 0. The maximum absolute atomic E-state index is 12.3. The molecule has 3 rings (SSSR count). The molecule has 132 valence electrons. The first-order valence-electron chi connectivity index (χ1n) is 7.85. The van der Waals surface area contributed by atoms with E-state index >= 15 is 0 Å². The quantitative estimate of drug-likeness (QED) is 0.511. The van der Waals surface area contributed by atoms with Gasteiger partial charge in [0, 0.05) is 29.4 Å². The van der Waals surface area contributed by atoms with E-state index in [-0.39, 0.29) is 5.75 Å². The molecule has 2 heterocycles. The highest BCUT2D eigenvalue weighted by Crippen LogP contribution is 2.18. The predicted molar refractivity (Wildman–Crippen MR) is 104 cm³/mol. The first kappa shape index (κ1) is 18.1. The third kappa shape index (κ3) is 5.97. The third-order valence-electron chi connectivity index (χ3n) is 3.54. The van der Waals surface area contributed by atoms with E-state index in [9.17, 15) is 8.42 Å². The van der Waals surface area contributed by atoms with E-state index in [1.54, 1.807) is 46.9 Å². The van der Waals surface area contributed by atoms with Crippen molar-refractivity contribution < 1.29 is 12.6 Å². The molecule has 2 aromatic heterocycles. The van der Waals surface area contributed by atoms with Gasteiger partial charge in [0.2, 0.25) is 0 Å².